The number of hydrogen-bond donors (Lipinski definition) is 0. The summed E-state index contributed by atoms with van der Waals surface area (Å²) >= 11 is 0. The van der Waals surface area contributed by atoms with Gasteiger partial charge in [0.05, 0.1) is 0 Å². The van der Waals surface area contributed by atoms with Crippen molar-refractivity contribution in [3.05, 3.63) is 42.5 Å². The molecule has 2 rings (SSSR count). The first-order chi connectivity index (χ1) is 7.81. The van der Waals surface area contributed by atoms with Gasteiger partial charge in [-0.05, 0) is 49.6 Å². The molecule has 0 spiro atoms. The van der Waals surface area contributed by atoms with E-state index in [9.17, 15) is 4.79 Å². The van der Waals surface area contributed by atoms with E-state index in [0.717, 1.165) is 18.7 Å². The van der Waals surface area contributed by atoms with E-state index in [0.29, 0.717) is 0 Å². The van der Waals surface area contributed by atoms with Crippen LogP contribution in [-0.4, -0.2) is 18.9 Å². The molecule has 1 aromatic rings. The van der Waals surface area contributed by atoms with Crippen LogP contribution >= 0.6 is 0 Å². The van der Waals surface area contributed by atoms with Crippen LogP contribution in [0.3, 0.4) is 0 Å². The van der Waals surface area contributed by atoms with Crippen molar-refractivity contribution < 1.29 is 4.79 Å². The number of nitrogens with zero attached hydrogens (tertiary/aromatic N) is 1. The van der Waals surface area contributed by atoms with Gasteiger partial charge in [0, 0.05) is 24.3 Å². The second-order valence-electron chi connectivity index (χ2n) is 4.16. The minimum atomic E-state index is -0.00908. The Morgan fingerprint density at radius 3 is 2.31 bits per heavy atom. The summed E-state index contributed by atoms with van der Waals surface area (Å²) in [6.07, 6.45) is 5.24. The lowest BCUT2D eigenvalue weighted by atomic mass is 10.1. The van der Waals surface area contributed by atoms with E-state index < -0.39 is 0 Å². The summed E-state index contributed by atoms with van der Waals surface area (Å²) in [5.74, 6) is -0.00908. The maximum absolute atomic E-state index is 11.4. The summed E-state index contributed by atoms with van der Waals surface area (Å²) in [4.78, 5) is 13.7. The molecular formula is C14H17NO. The molecule has 2 heteroatoms. The van der Waals surface area contributed by atoms with E-state index in [1.807, 2.05) is 24.3 Å². The second-order valence-corrected chi connectivity index (χ2v) is 4.16. The van der Waals surface area contributed by atoms with Crippen LogP contribution in [0.1, 0.15) is 29.6 Å². The molecule has 1 heterocycles. The number of piperidine rings is 1. The Kier molecular flexibility index (Phi) is 3.40. The molecule has 0 saturated carbocycles. The van der Waals surface area contributed by atoms with Crippen LogP contribution in [0, 0.1) is 0 Å². The van der Waals surface area contributed by atoms with Gasteiger partial charge in [-0.1, -0.05) is 6.58 Å². The van der Waals surface area contributed by atoms with Gasteiger partial charge in [-0.25, -0.2) is 0 Å². The SMILES string of the molecule is C=CC(=O)c1ccc(N2CCCCC2)cc1. The molecule has 1 saturated heterocycles. The maximum atomic E-state index is 11.4. The van der Waals surface area contributed by atoms with Crippen molar-refractivity contribution in [3.8, 4) is 0 Å². The number of benzene rings is 1. The van der Waals surface area contributed by atoms with Crippen LogP contribution in [0.4, 0.5) is 5.69 Å². The fraction of sp³-hybridized carbons (Fsp3) is 0.357. The third kappa shape index (κ3) is 2.32. The minimum absolute atomic E-state index is 0.00908. The van der Waals surface area contributed by atoms with Gasteiger partial charge in [0.1, 0.15) is 0 Å². The highest BCUT2D eigenvalue weighted by Crippen LogP contribution is 2.20. The topological polar surface area (TPSA) is 20.3 Å². The molecule has 84 valence electrons. The predicted octanol–water partition coefficient (Wildman–Crippen LogP) is 3.05. The number of ketones is 1. The smallest absolute Gasteiger partial charge is 0.185 e. The van der Waals surface area contributed by atoms with Gasteiger partial charge < -0.3 is 4.90 Å². The molecule has 2 nitrogen and oxygen atoms in total. The van der Waals surface area contributed by atoms with Crippen LogP contribution < -0.4 is 4.90 Å². The fourth-order valence-electron chi connectivity index (χ4n) is 2.11. The molecule has 0 N–H and O–H groups in total. The molecule has 1 fully saturated rings. The van der Waals surface area contributed by atoms with Crippen LogP contribution in [0.25, 0.3) is 0 Å². The summed E-state index contributed by atoms with van der Waals surface area (Å²) < 4.78 is 0. The largest absolute Gasteiger partial charge is 0.372 e. The van der Waals surface area contributed by atoms with Crippen molar-refractivity contribution >= 4 is 11.5 Å². The fourth-order valence-corrected chi connectivity index (χ4v) is 2.11. The van der Waals surface area contributed by atoms with Crippen LogP contribution in [0.15, 0.2) is 36.9 Å². The average Bonchev–Trinajstić information content (AvgIpc) is 2.39. The molecule has 0 aliphatic carbocycles. The van der Waals surface area contributed by atoms with Crippen LogP contribution in [0.2, 0.25) is 0 Å². The molecule has 0 amide bonds. The number of hydrogen-bond acceptors (Lipinski definition) is 2. The number of allylic oxidation sites excluding steroid dienone is 1. The monoisotopic (exact) mass is 215 g/mol. The average molecular weight is 215 g/mol. The van der Waals surface area contributed by atoms with Gasteiger partial charge in [-0.3, -0.25) is 4.79 Å². The second kappa shape index (κ2) is 4.97. The third-order valence-corrected chi connectivity index (χ3v) is 3.06. The molecule has 1 aliphatic heterocycles. The van der Waals surface area contributed by atoms with Gasteiger partial charge in [0.2, 0.25) is 0 Å². The van der Waals surface area contributed by atoms with E-state index in [-0.39, 0.29) is 5.78 Å². The molecule has 1 aliphatic rings. The lowest BCUT2D eigenvalue weighted by Crippen LogP contribution is -2.29. The molecule has 0 unspecified atom stereocenters. The van der Waals surface area contributed by atoms with Crippen molar-refractivity contribution in [2.75, 3.05) is 18.0 Å². The Morgan fingerprint density at radius 2 is 1.75 bits per heavy atom. The Hall–Kier alpha value is -1.57. The van der Waals surface area contributed by atoms with E-state index >= 15 is 0 Å². The first-order valence-corrected chi connectivity index (χ1v) is 5.83. The third-order valence-electron chi connectivity index (χ3n) is 3.06. The van der Waals surface area contributed by atoms with Crippen molar-refractivity contribution in [2.24, 2.45) is 0 Å². The number of anilines is 1. The quantitative estimate of drug-likeness (QED) is 0.570. The van der Waals surface area contributed by atoms with E-state index in [1.165, 1.54) is 31.0 Å². The summed E-state index contributed by atoms with van der Waals surface area (Å²) in [6, 6.07) is 7.83. The van der Waals surface area contributed by atoms with Crippen molar-refractivity contribution in [3.63, 3.8) is 0 Å². The number of rotatable bonds is 3. The van der Waals surface area contributed by atoms with Gasteiger partial charge >= 0.3 is 0 Å². The van der Waals surface area contributed by atoms with E-state index in [4.69, 9.17) is 0 Å². The first-order valence-electron chi connectivity index (χ1n) is 5.83. The molecule has 0 bridgehead atoms. The maximum Gasteiger partial charge on any atom is 0.185 e. The van der Waals surface area contributed by atoms with Crippen molar-refractivity contribution in [2.45, 2.75) is 19.3 Å². The summed E-state index contributed by atoms with van der Waals surface area (Å²) in [5.41, 5.74) is 1.94. The highest BCUT2D eigenvalue weighted by molar-refractivity contribution is 6.04. The molecular weight excluding hydrogens is 198 g/mol. The van der Waals surface area contributed by atoms with Gasteiger partial charge in [0.15, 0.2) is 5.78 Å². The lowest BCUT2D eigenvalue weighted by molar-refractivity contribution is 0.104. The van der Waals surface area contributed by atoms with E-state index in [2.05, 4.69) is 11.5 Å². The molecule has 16 heavy (non-hydrogen) atoms. The lowest BCUT2D eigenvalue weighted by Gasteiger charge is -2.28. The Bertz CT molecular complexity index is 374. The standard InChI is InChI=1S/C14H17NO/c1-2-14(16)12-6-8-13(9-7-12)15-10-4-3-5-11-15/h2,6-9H,1,3-5,10-11H2. The zero-order valence-electron chi connectivity index (χ0n) is 9.48. The molecule has 0 radical (unpaired) electrons. The number of carbonyl (C=O) groups excluding carboxylic acids is 1. The van der Waals surface area contributed by atoms with Gasteiger partial charge in [0.25, 0.3) is 0 Å². The Labute approximate surface area is 96.6 Å². The predicted molar refractivity (Wildman–Crippen MR) is 67.0 cm³/mol. The Morgan fingerprint density at radius 1 is 1.12 bits per heavy atom. The Balaban J connectivity index is 2.11. The van der Waals surface area contributed by atoms with E-state index in [1.54, 1.807) is 0 Å². The summed E-state index contributed by atoms with van der Waals surface area (Å²) in [6.45, 7) is 5.76. The van der Waals surface area contributed by atoms with Crippen LogP contribution in [0.5, 0.6) is 0 Å². The summed E-state index contributed by atoms with van der Waals surface area (Å²) in [5, 5.41) is 0. The highest BCUT2D eigenvalue weighted by Gasteiger charge is 2.10. The minimum Gasteiger partial charge on any atom is -0.372 e. The highest BCUT2D eigenvalue weighted by atomic mass is 16.1. The molecule has 0 aromatic heterocycles. The summed E-state index contributed by atoms with van der Waals surface area (Å²) in [7, 11) is 0. The zero-order valence-corrected chi connectivity index (χ0v) is 9.48. The molecule has 0 atom stereocenters. The van der Waals surface area contributed by atoms with Crippen LogP contribution in [-0.2, 0) is 0 Å². The zero-order chi connectivity index (χ0) is 11.4. The molecule has 1 aromatic carbocycles. The normalized spacial score (nSPS) is 15.9. The van der Waals surface area contributed by atoms with Crippen molar-refractivity contribution in [1.82, 2.24) is 0 Å². The van der Waals surface area contributed by atoms with Gasteiger partial charge in [-0.2, -0.15) is 0 Å². The first kappa shape index (κ1) is 10.9. The number of carbonyl (C=O) groups is 1. The van der Waals surface area contributed by atoms with Gasteiger partial charge in [-0.15, -0.1) is 0 Å². The van der Waals surface area contributed by atoms with Crippen molar-refractivity contribution in [1.29, 1.82) is 0 Å².